The lowest BCUT2D eigenvalue weighted by atomic mass is 9.43. The van der Waals surface area contributed by atoms with E-state index in [2.05, 4.69) is 29.4 Å². The smallest absolute Gasteiger partial charge is 0.340 e. The van der Waals surface area contributed by atoms with Crippen LogP contribution in [-0.2, 0) is 23.7 Å². The zero-order valence-electron chi connectivity index (χ0n) is 32.9. The molecule has 4 unspecified atom stereocenters. The highest BCUT2D eigenvalue weighted by Gasteiger charge is 2.84. The maximum atomic E-state index is 14.2. The molecule has 1 saturated heterocycles. The molecule has 0 aromatic heterocycles. The fourth-order valence-electron chi connectivity index (χ4n) is 13.2. The molecule has 298 valence electrons. The molecule has 1 aliphatic heterocycles. The molecule has 2 aromatic carbocycles. The number of likely N-dealkylation sites (tertiary alicyclic amines) is 1. The minimum Gasteiger partial charge on any atom is -0.461 e. The first-order valence-electron chi connectivity index (χ1n) is 20.1. The molecule has 7 bridgehead atoms. The summed E-state index contributed by atoms with van der Waals surface area (Å²) in [5.74, 6) is -1.12. The first-order valence-corrected chi connectivity index (χ1v) is 20.1. The number of para-hydroxylation sites is 2. The van der Waals surface area contributed by atoms with Gasteiger partial charge in [-0.25, -0.2) is 4.79 Å². The Hall–Kier alpha value is -3.39. The van der Waals surface area contributed by atoms with Crippen molar-refractivity contribution in [1.82, 2.24) is 4.90 Å². The number of hydrogen-bond acceptors (Lipinski definition) is 10. The van der Waals surface area contributed by atoms with E-state index in [9.17, 15) is 24.6 Å². The molecule has 6 aliphatic rings. The summed E-state index contributed by atoms with van der Waals surface area (Å²) >= 11 is 0. The van der Waals surface area contributed by atoms with Crippen LogP contribution in [0.2, 0.25) is 0 Å². The second-order valence-electron chi connectivity index (χ2n) is 17.6. The van der Waals surface area contributed by atoms with E-state index in [-0.39, 0.29) is 82.1 Å². The van der Waals surface area contributed by atoms with Crippen LogP contribution in [0.1, 0.15) is 80.5 Å². The number of rotatable bonds is 12. The van der Waals surface area contributed by atoms with E-state index < -0.39 is 35.1 Å². The Morgan fingerprint density at radius 2 is 1.64 bits per heavy atom. The second kappa shape index (κ2) is 13.9. The van der Waals surface area contributed by atoms with Crippen molar-refractivity contribution < 1.29 is 43.5 Å². The number of ether oxygens (including phenoxy) is 4. The van der Waals surface area contributed by atoms with Crippen molar-refractivity contribution in [3.8, 4) is 0 Å². The monoisotopic (exact) mass is 759 g/mol. The van der Waals surface area contributed by atoms with Gasteiger partial charge in [0.05, 0.1) is 53.0 Å². The van der Waals surface area contributed by atoms with Gasteiger partial charge in [0.2, 0.25) is 0 Å². The van der Waals surface area contributed by atoms with E-state index >= 15 is 0 Å². The third-order valence-electron chi connectivity index (χ3n) is 15.0. The molecular weight excluding hydrogens is 702 g/mol. The minimum atomic E-state index is -1.65. The highest BCUT2D eigenvalue weighted by molar-refractivity contribution is 6.12. The van der Waals surface area contributed by atoms with Gasteiger partial charge >= 0.3 is 5.97 Å². The first kappa shape index (κ1) is 38.5. The molecule has 8 rings (SSSR count). The Kier molecular flexibility index (Phi) is 9.74. The molecule has 55 heavy (non-hydrogen) atoms. The van der Waals surface area contributed by atoms with Crippen molar-refractivity contribution in [2.45, 2.75) is 95.4 Å². The summed E-state index contributed by atoms with van der Waals surface area (Å²) in [5.41, 5.74) is -1.79. The van der Waals surface area contributed by atoms with Crippen LogP contribution in [0.15, 0.2) is 48.5 Å². The normalized spacial score (nSPS) is 38.4. The molecule has 0 radical (unpaired) electrons. The van der Waals surface area contributed by atoms with Gasteiger partial charge in [-0.3, -0.25) is 14.5 Å². The van der Waals surface area contributed by atoms with E-state index in [0.29, 0.717) is 12.3 Å². The van der Waals surface area contributed by atoms with Crippen molar-refractivity contribution in [3.05, 3.63) is 59.7 Å². The molecule has 2 amide bonds. The highest BCUT2D eigenvalue weighted by atomic mass is 16.5. The number of hydrogen-bond donors (Lipinski definition) is 4. The average molecular weight is 760 g/mol. The number of carbonyl (C=O) groups excluding carboxylic acids is 3. The van der Waals surface area contributed by atoms with E-state index in [1.807, 2.05) is 7.11 Å². The van der Waals surface area contributed by atoms with Gasteiger partial charge in [-0.1, -0.05) is 31.2 Å². The summed E-state index contributed by atoms with van der Waals surface area (Å²) in [4.78, 5) is 43.0. The van der Waals surface area contributed by atoms with Gasteiger partial charge in [0.15, 0.2) is 0 Å². The molecule has 6 fully saturated rings. The van der Waals surface area contributed by atoms with E-state index in [0.717, 1.165) is 45.2 Å². The number of nitrogens with one attached hydrogen (secondary N) is 2. The van der Waals surface area contributed by atoms with Crippen LogP contribution >= 0.6 is 0 Å². The number of methoxy groups -OCH3 is 2. The first-order chi connectivity index (χ1) is 26.3. The highest BCUT2D eigenvalue weighted by Crippen LogP contribution is 2.79. The fraction of sp³-hybridized carbons (Fsp3) is 0.651. The summed E-state index contributed by atoms with van der Waals surface area (Å²) < 4.78 is 26.0. The van der Waals surface area contributed by atoms with E-state index in [1.165, 1.54) is 13.8 Å². The van der Waals surface area contributed by atoms with Crippen LogP contribution in [0.25, 0.3) is 0 Å². The van der Waals surface area contributed by atoms with Crippen molar-refractivity contribution in [2.75, 3.05) is 51.2 Å². The molecule has 5 aliphatic carbocycles. The zero-order chi connectivity index (χ0) is 39.1. The third kappa shape index (κ3) is 5.56. The molecular formula is C43H57N3O9. The number of anilines is 2. The van der Waals surface area contributed by atoms with Gasteiger partial charge in [-0.15, -0.1) is 0 Å². The predicted molar refractivity (Wildman–Crippen MR) is 204 cm³/mol. The number of aliphatic hydroxyl groups excluding tert-OH is 1. The topological polar surface area (TPSA) is 156 Å². The van der Waals surface area contributed by atoms with Gasteiger partial charge in [-0.05, 0) is 89.1 Å². The van der Waals surface area contributed by atoms with Crippen LogP contribution in [0.3, 0.4) is 0 Å². The van der Waals surface area contributed by atoms with Crippen LogP contribution in [0.5, 0.6) is 0 Å². The number of carbonyl (C=O) groups is 3. The van der Waals surface area contributed by atoms with Gasteiger partial charge in [0.1, 0.15) is 5.60 Å². The van der Waals surface area contributed by atoms with Crippen LogP contribution < -0.4 is 10.6 Å². The molecule has 2 aromatic rings. The fourth-order valence-corrected chi connectivity index (χ4v) is 13.2. The van der Waals surface area contributed by atoms with Crippen molar-refractivity contribution >= 4 is 29.2 Å². The summed E-state index contributed by atoms with van der Waals surface area (Å²) in [6, 6.07) is 13.5. The maximum Gasteiger partial charge on any atom is 0.340 e. The lowest BCUT2D eigenvalue weighted by Crippen LogP contribution is -2.76. The summed E-state index contributed by atoms with van der Waals surface area (Å²) in [7, 11) is 3.61. The minimum absolute atomic E-state index is 0.00743. The summed E-state index contributed by atoms with van der Waals surface area (Å²) in [6.07, 6.45) is 3.68. The lowest BCUT2D eigenvalue weighted by molar-refractivity contribution is -0.284. The summed E-state index contributed by atoms with van der Waals surface area (Å²) in [6.45, 7) is 9.45. The standard InChI is InChI=1S/C43H57N3O9/c1-7-46-22-41(23-54-38(49)25-14-10-12-16-30(25)44-37(48)24-13-9-11-15-29(24)45-39(50)40(3,4)51)18-17-33(53-6)43-27-19-26-31(52-5)21-42(55-8-2,34(27)35(26)47)28(36(43)46)20-32(41)43/h9-16,26-28,31-36,47,51H,7-8,17-23H2,1-6H3,(H,44,48)(H,45,50)/t26?,27-,28?,31+,32-,33+,34-,35+,36?,41+,42+,43?/m1/s1. The predicted octanol–water partition coefficient (Wildman–Crippen LogP) is 4.75. The van der Waals surface area contributed by atoms with Gasteiger partial charge in [0, 0.05) is 68.4 Å². The van der Waals surface area contributed by atoms with E-state index in [1.54, 1.807) is 55.6 Å². The Labute approximate surface area is 323 Å². The lowest BCUT2D eigenvalue weighted by Gasteiger charge is -2.69. The van der Waals surface area contributed by atoms with Crippen molar-refractivity contribution in [3.63, 3.8) is 0 Å². The number of piperidine rings is 1. The van der Waals surface area contributed by atoms with Crippen LogP contribution in [0, 0.1) is 40.4 Å². The number of esters is 1. The van der Waals surface area contributed by atoms with Crippen molar-refractivity contribution in [2.24, 2.45) is 40.4 Å². The molecule has 1 heterocycles. The molecule has 5 saturated carbocycles. The van der Waals surface area contributed by atoms with Crippen LogP contribution in [0.4, 0.5) is 11.4 Å². The van der Waals surface area contributed by atoms with Gasteiger partial charge in [0.25, 0.3) is 11.8 Å². The SMILES string of the molecule is CCO[C@]12C[C@H](OC)C3C[C@H]([C@@H]1[C@H]3O)C13C4C2C[C@@H]1[C@@](COC(=O)c1ccccc1NC(=O)c1ccccc1NC(=O)C(C)(C)O)(CC[C@@H]3OC)CN4CC. The Morgan fingerprint density at radius 3 is 2.29 bits per heavy atom. The molecule has 12 heteroatoms. The Balaban J connectivity index is 1.09. The quantitative estimate of drug-likeness (QED) is 0.223. The molecule has 4 N–H and O–H groups in total. The van der Waals surface area contributed by atoms with Crippen LogP contribution in [-0.4, -0.2) is 109 Å². The van der Waals surface area contributed by atoms with E-state index in [4.69, 9.17) is 18.9 Å². The maximum absolute atomic E-state index is 14.2. The number of fused-ring (bicyclic) bond motifs is 2. The van der Waals surface area contributed by atoms with Crippen molar-refractivity contribution in [1.29, 1.82) is 0 Å². The average Bonchev–Trinajstić information content (AvgIpc) is 3.58. The Morgan fingerprint density at radius 1 is 0.945 bits per heavy atom. The zero-order valence-corrected chi connectivity index (χ0v) is 32.9. The van der Waals surface area contributed by atoms with Gasteiger partial charge < -0.3 is 39.8 Å². The largest absolute Gasteiger partial charge is 0.461 e. The molecule has 12 atom stereocenters. The number of benzene rings is 2. The number of nitrogens with zero attached hydrogens (tertiary/aromatic N) is 1. The second-order valence-corrected chi connectivity index (χ2v) is 17.6. The number of amides is 2. The molecule has 12 nitrogen and oxygen atoms in total. The summed E-state index contributed by atoms with van der Waals surface area (Å²) in [5, 5.41) is 27.8. The van der Waals surface area contributed by atoms with Gasteiger partial charge in [-0.2, -0.15) is 0 Å². The number of aliphatic hydroxyl groups is 2. The third-order valence-corrected chi connectivity index (χ3v) is 15.0. The molecule has 1 spiro atoms. The Bertz CT molecular complexity index is 1830.